The monoisotopic (exact) mass is 465 g/mol. The van der Waals surface area contributed by atoms with E-state index in [-0.39, 0.29) is 11.3 Å². The highest BCUT2D eigenvalue weighted by Gasteiger charge is 2.18. The van der Waals surface area contributed by atoms with Crippen LogP contribution in [0.5, 0.6) is 5.75 Å². The fourth-order valence-electron chi connectivity index (χ4n) is 3.46. The average Bonchev–Trinajstić information content (AvgIpc) is 3.08. The van der Waals surface area contributed by atoms with Crippen molar-refractivity contribution in [1.82, 2.24) is 14.5 Å². The van der Waals surface area contributed by atoms with Crippen LogP contribution in [0.2, 0.25) is 0 Å². The molecular weight excluding hydrogens is 442 g/mol. The molecule has 0 saturated heterocycles. The maximum Gasteiger partial charge on any atom is 0.263 e. The molecule has 0 amide bonds. The van der Waals surface area contributed by atoms with Crippen LogP contribution < -0.4 is 10.3 Å². The third-order valence-electron chi connectivity index (χ3n) is 5.34. The van der Waals surface area contributed by atoms with Gasteiger partial charge in [0.2, 0.25) is 0 Å². The van der Waals surface area contributed by atoms with Crippen molar-refractivity contribution >= 4 is 39.1 Å². The summed E-state index contributed by atoms with van der Waals surface area (Å²) >= 11 is 2.99. The van der Waals surface area contributed by atoms with E-state index in [1.807, 2.05) is 38.1 Å². The number of ketones is 1. The number of fused-ring (bicyclic) bond motifs is 1. The second-order valence-electron chi connectivity index (χ2n) is 7.44. The molecule has 32 heavy (non-hydrogen) atoms. The number of rotatable bonds is 7. The Hall–Kier alpha value is -2.97. The Labute approximate surface area is 194 Å². The summed E-state index contributed by atoms with van der Waals surface area (Å²) in [5, 5.41) is 1.29. The van der Waals surface area contributed by atoms with Gasteiger partial charge in [-0.3, -0.25) is 19.1 Å². The Morgan fingerprint density at radius 2 is 2.03 bits per heavy atom. The summed E-state index contributed by atoms with van der Waals surface area (Å²) in [4.78, 5) is 36.4. The molecular formula is C24H23N3O3S2. The molecule has 3 heterocycles. The van der Waals surface area contributed by atoms with Crippen molar-refractivity contribution in [2.24, 2.45) is 0 Å². The first-order valence-electron chi connectivity index (χ1n) is 10.1. The molecule has 6 nitrogen and oxygen atoms in total. The summed E-state index contributed by atoms with van der Waals surface area (Å²) in [6.45, 7) is 5.85. The lowest BCUT2D eigenvalue weighted by molar-refractivity contribution is 0.101. The lowest BCUT2D eigenvalue weighted by Gasteiger charge is -2.13. The van der Waals surface area contributed by atoms with Gasteiger partial charge in [-0.1, -0.05) is 17.8 Å². The van der Waals surface area contributed by atoms with Crippen LogP contribution in [-0.4, -0.2) is 27.4 Å². The summed E-state index contributed by atoms with van der Waals surface area (Å²) in [5.41, 5.74) is 3.21. The van der Waals surface area contributed by atoms with Gasteiger partial charge >= 0.3 is 0 Å². The van der Waals surface area contributed by atoms with Crippen molar-refractivity contribution in [2.75, 3.05) is 7.11 Å². The first-order chi connectivity index (χ1) is 15.4. The molecule has 0 N–H and O–H groups in total. The van der Waals surface area contributed by atoms with Gasteiger partial charge in [-0.2, -0.15) is 0 Å². The lowest BCUT2D eigenvalue weighted by atomic mass is 10.1. The van der Waals surface area contributed by atoms with E-state index in [0.717, 1.165) is 26.5 Å². The van der Waals surface area contributed by atoms with Crippen LogP contribution in [0, 0.1) is 13.8 Å². The molecule has 8 heteroatoms. The molecule has 3 aromatic heterocycles. The molecule has 0 unspecified atom stereocenters. The first-order valence-corrected chi connectivity index (χ1v) is 11.9. The maximum atomic E-state index is 13.5. The highest BCUT2D eigenvalue weighted by Crippen LogP contribution is 2.31. The van der Waals surface area contributed by atoms with Crippen LogP contribution in [0.4, 0.5) is 0 Å². The summed E-state index contributed by atoms with van der Waals surface area (Å²) in [6, 6.07) is 11.1. The maximum absolute atomic E-state index is 13.5. The van der Waals surface area contributed by atoms with Gasteiger partial charge in [0.25, 0.3) is 5.56 Å². The molecule has 4 aromatic rings. The third-order valence-corrected chi connectivity index (χ3v) is 7.47. The highest BCUT2D eigenvalue weighted by molar-refractivity contribution is 7.98. The fourth-order valence-corrected chi connectivity index (χ4v) is 5.51. The molecule has 0 atom stereocenters. The van der Waals surface area contributed by atoms with E-state index in [1.54, 1.807) is 36.9 Å². The smallest absolute Gasteiger partial charge is 0.263 e. The van der Waals surface area contributed by atoms with E-state index in [4.69, 9.17) is 9.72 Å². The van der Waals surface area contributed by atoms with Crippen LogP contribution in [0.15, 0.2) is 52.5 Å². The number of thioether (sulfide) groups is 1. The van der Waals surface area contributed by atoms with Crippen LogP contribution >= 0.6 is 23.1 Å². The van der Waals surface area contributed by atoms with E-state index < -0.39 is 0 Å². The Morgan fingerprint density at radius 1 is 1.22 bits per heavy atom. The van der Waals surface area contributed by atoms with Crippen molar-refractivity contribution < 1.29 is 9.53 Å². The van der Waals surface area contributed by atoms with Gasteiger partial charge in [-0.05, 0) is 56.7 Å². The predicted molar refractivity (Wildman–Crippen MR) is 129 cm³/mol. The molecule has 0 aliphatic carbocycles. The largest absolute Gasteiger partial charge is 0.496 e. The van der Waals surface area contributed by atoms with Gasteiger partial charge in [0, 0.05) is 28.0 Å². The number of carbonyl (C=O) groups is 1. The zero-order chi connectivity index (χ0) is 22.8. The van der Waals surface area contributed by atoms with E-state index in [9.17, 15) is 9.59 Å². The Kier molecular flexibility index (Phi) is 6.43. The van der Waals surface area contributed by atoms with Gasteiger partial charge in [0.05, 0.1) is 24.7 Å². The number of pyridine rings is 1. The number of Topliss-reactive ketones (excluding diaryl/α,β-unsaturated/α-hetero) is 1. The van der Waals surface area contributed by atoms with Crippen molar-refractivity contribution in [3.8, 4) is 5.75 Å². The Balaban J connectivity index is 1.78. The molecule has 0 radical (unpaired) electrons. The SMILES string of the molecule is COc1ccc(C(C)=O)cc1CSc1nc2sc(C)c(C)c2c(=O)n1Cc1ccccn1. The van der Waals surface area contributed by atoms with Crippen LogP contribution in [0.25, 0.3) is 10.2 Å². The fraction of sp³-hybridized carbons (Fsp3) is 0.250. The zero-order valence-electron chi connectivity index (χ0n) is 18.3. The number of methoxy groups -OCH3 is 1. The predicted octanol–water partition coefficient (Wildman–Crippen LogP) is 5.02. The van der Waals surface area contributed by atoms with Gasteiger partial charge in [0.1, 0.15) is 10.6 Å². The average molecular weight is 466 g/mol. The molecule has 0 spiro atoms. The van der Waals surface area contributed by atoms with E-state index >= 15 is 0 Å². The number of hydrogen-bond donors (Lipinski definition) is 0. The summed E-state index contributed by atoms with van der Waals surface area (Å²) in [5.74, 6) is 1.20. The number of ether oxygens (including phenoxy) is 1. The molecule has 0 aliphatic heterocycles. The number of carbonyl (C=O) groups excluding carboxylic acids is 1. The van der Waals surface area contributed by atoms with E-state index in [1.165, 1.54) is 23.1 Å². The van der Waals surface area contributed by atoms with Crippen LogP contribution in [-0.2, 0) is 12.3 Å². The second-order valence-corrected chi connectivity index (χ2v) is 9.59. The van der Waals surface area contributed by atoms with Crippen LogP contribution in [0.1, 0.15) is 39.0 Å². The second kappa shape index (κ2) is 9.26. The number of thiophene rings is 1. The van der Waals surface area contributed by atoms with Crippen molar-refractivity contribution in [1.29, 1.82) is 0 Å². The van der Waals surface area contributed by atoms with Crippen molar-refractivity contribution in [2.45, 2.75) is 38.2 Å². The minimum atomic E-state index is -0.0607. The van der Waals surface area contributed by atoms with E-state index in [0.29, 0.717) is 34.2 Å². The first kappa shape index (κ1) is 22.2. The van der Waals surface area contributed by atoms with Gasteiger partial charge in [-0.25, -0.2) is 4.98 Å². The number of nitrogens with zero attached hydrogens (tertiary/aromatic N) is 3. The molecule has 0 bridgehead atoms. The van der Waals surface area contributed by atoms with Crippen molar-refractivity contribution in [3.05, 3.63) is 80.2 Å². The normalized spacial score (nSPS) is 11.1. The number of benzene rings is 1. The quantitative estimate of drug-likeness (QED) is 0.217. The Morgan fingerprint density at radius 3 is 2.72 bits per heavy atom. The minimum Gasteiger partial charge on any atom is -0.496 e. The Bertz CT molecular complexity index is 1360. The molecule has 0 fully saturated rings. The molecule has 164 valence electrons. The summed E-state index contributed by atoms with van der Waals surface area (Å²) < 4.78 is 7.18. The number of aryl methyl sites for hydroxylation is 2. The third kappa shape index (κ3) is 4.33. The molecule has 0 saturated carbocycles. The minimum absolute atomic E-state index is 0.00459. The topological polar surface area (TPSA) is 74.1 Å². The van der Waals surface area contributed by atoms with Crippen molar-refractivity contribution in [3.63, 3.8) is 0 Å². The molecule has 1 aromatic carbocycles. The van der Waals surface area contributed by atoms with Gasteiger partial charge in [-0.15, -0.1) is 11.3 Å². The van der Waals surface area contributed by atoms with E-state index in [2.05, 4.69) is 4.98 Å². The van der Waals surface area contributed by atoms with Gasteiger partial charge < -0.3 is 4.74 Å². The highest BCUT2D eigenvalue weighted by atomic mass is 32.2. The van der Waals surface area contributed by atoms with Gasteiger partial charge in [0.15, 0.2) is 10.9 Å². The standard InChI is InChI=1S/C24H23N3O3S2/c1-14-16(3)32-22-21(14)23(29)27(12-19-7-5-6-10-25-19)24(26-22)31-13-18-11-17(15(2)28)8-9-20(18)30-4/h5-11H,12-13H2,1-4H3. The molecule has 0 aliphatic rings. The lowest BCUT2D eigenvalue weighted by Crippen LogP contribution is -2.24. The summed E-state index contributed by atoms with van der Waals surface area (Å²) in [6.07, 6.45) is 1.72. The zero-order valence-corrected chi connectivity index (χ0v) is 20.0. The molecule has 4 rings (SSSR count). The van der Waals surface area contributed by atoms with Crippen LogP contribution in [0.3, 0.4) is 0 Å². The summed E-state index contributed by atoms with van der Waals surface area (Å²) in [7, 11) is 1.61. The number of aromatic nitrogens is 3. The number of hydrogen-bond acceptors (Lipinski definition) is 7.